The fourth-order valence-corrected chi connectivity index (χ4v) is 3.28. The standard InChI is InChI=1S/C12H12ClF3S/c13-11-9(5-6-17-12(14,15)16)7-8-3-1-2-4-10(8)11/h1-4,9,11H,5-7H2. The van der Waals surface area contributed by atoms with Crippen LogP contribution >= 0.6 is 23.4 Å². The molecular weight excluding hydrogens is 269 g/mol. The topological polar surface area (TPSA) is 0 Å². The zero-order valence-corrected chi connectivity index (χ0v) is 10.6. The monoisotopic (exact) mass is 280 g/mol. The van der Waals surface area contributed by atoms with Gasteiger partial charge in [-0.25, -0.2) is 0 Å². The first-order chi connectivity index (χ1) is 7.97. The van der Waals surface area contributed by atoms with Gasteiger partial charge in [-0.15, -0.1) is 11.6 Å². The average Bonchev–Trinajstić information content (AvgIpc) is 2.55. The Hall–Kier alpha value is -0.350. The summed E-state index contributed by atoms with van der Waals surface area (Å²) < 4.78 is 36.1. The van der Waals surface area contributed by atoms with E-state index in [-0.39, 0.29) is 28.8 Å². The average molecular weight is 281 g/mol. The third-order valence-electron chi connectivity index (χ3n) is 3.00. The molecule has 0 bridgehead atoms. The molecule has 0 aliphatic heterocycles. The first-order valence-electron chi connectivity index (χ1n) is 5.40. The zero-order chi connectivity index (χ0) is 12.5. The first kappa shape index (κ1) is 13.1. The first-order valence-corrected chi connectivity index (χ1v) is 6.82. The van der Waals surface area contributed by atoms with Crippen LogP contribution in [-0.2, 0) is 6.42 Å². The lowest BCUT2D eigenvalue weighted by Crippen LogP contribution is -2.07. The zero-order valence-electron chi connectivity index (χ0n) is 9.01. The molecule has 1 aliphatic carbocycles. The number of benzene rings is 1. The smallest absolute Gasteiger partial charge is 0.160 e. The van der Waals surface area contributed by atoms with Crippen LogP contribution < -0.4 is 0 Å². The molecule has 0 saturated heterocycles. The quantitative estimate of drug-likeness (QED) is 0.718. The van der Waals surface area contributed by atoms with E-state index in [0.717, 1.165) is 12.0 Å². The highest BCUT2D eigenvalue weighted by molar-refractivity contribution is 8.00. The molecule has 0 heterocycles. The van der Waals surface area contributed by atoms with E-state index in [0.29, 0.717) is 6.42 Å². The maximum atomic E-state index is 12.0. The molecule has 0 fully saturated rings. The van der Waals surface area contributed by atoms with Gasteiger partial charge in [0.15, 0.2) is 0 Å². The van der Waals surface area contributed by atoms with Gasteiger partial charge >= 0.3 is 5.51 Å². The number of alkyl halides is 4. The van der Waals surface area contributed by atoms with Gasteiger partial charge in [-0.05, 0) is 29.9 Å². The largest absolute Gasteiger partial charge is 0.441 e. The Morgan fingerprint density at radius 3 is 2.65 bits per heavy atom. The summed E-state index contributed by atoms with van der Waals surface area (Å²) in [5.74, 6) is 0.217. The van der Waals surface area contributed by atoms with Crippen molar-refractivity contribution >= 4 is 23.4 Å². The van der Waals surface area contributed by atoms with E-state index in [1.54, 1.807) is 0 Å². The molecule has 1 aliphatic rings. The van der Waals surface area contributed by atoms with Gasteiger partial charge in [0.2, 0.25) is 0 Å². The maximum Gasteiger partial charge on any atom is 0.441 e. The molecule has 1 aromatic carbocycles. The molecule has 17 heavy (non-hydrogen) atoms. The van der Waals surface area contributed by atoms with Gasteiger partial charge in [-0.2, -0.15) is 13.2 Å². The van der Waals surface area contributed by atoms with Gasteiger partial charge in [0.25, 0.3) is 0 Å². The summed E-state index contributed by atoms with van der Waals surface area (Å²) >= 11 is 6.31. The molecule has 0 saturated carbocycles. The summed E-state index contributed by atoms with van der Waals surface area (Å²) in [5.41, 5.74) is -1.88. The van der Waals surface area contributed by atoms with Crippen molar-refractivity contribution in [2.75, 3.05) is 5.75 Å². The molecule has 0 nitrogen and oxygen atoms in total. The van der Waals surface area contributed by atoms with E-state index < -0.39 is 5.51 Å². The minimum absolute atomic E-state index is 0.0425. The highest BCUT2D eigenvalue weighted by atomic mass is 35.5. The molecular formula is C12H12ClF3S. The van der Waals surface area contributed by atoms with Crippen molar-refractivity contribution in [2.24, 2.45) is 5.92 Å². The van der Waals surface area contributed by atoms with Gasteiger partial charge in [-0.3, -0.25) is 0 Å². The van der Waals surface area contributed by atoms with E-state index >= 15 is 0 Å². The van der Waals surface area contributed by atoms with E-state index in [9.17, 15) is 13.2 Å². The summed E-state index contributed by atoms with van der Waals surface area (Å²) in [4.78, 5) is 0. The SMILES string of the molecule is FC(F)(F)SCCC1Cc2ccccc2C1Cl. The van der Waals surface area contributed by atoms with E-state index in [1.807, 2.05) is 24.3 Å². The Labute approximate surface area is 108 Å². The molecule has 2 rings (SSSR count). The van der Waals surface area contributed by atoms with Crippen molar-refractivity contribution in [1.82, 2.24) is 0 Å². The van der Waals surface area contributed by atoms with Crippen molar-refractivity contribution in [3.63, 3.8) is 0 Å². The number of fused-ring (bicyclic) bond motifs is 1. The van der Waals surface area contributed by atoms with Crippen LogP contribution in [0.2, 0.25) is 0 Å². The molecule has 0 radical (unpaired) electrons. The Bertz CT molecular complexity index is 392. The summed E-state index contributed by atoms with van der Waals surface area (Å²) in [6, 6.07) is 7.82. The van der Waals surface area contributed by atoms with E-state index in [1.165, 1.54) is 5.56 Å². The van der Waals surface area contributed by atoms with Crippen LogP contribution in [0.25, 0.3) is 0 Å². The van der Waals surface area contributed by atoms with Crippen molar-refractivity contribution in [3.05, 3.63) is 35.4 Å². The van der Waals surface area contributed by atoms with Crippen LogP contribution in [0.1, 0.15) is 22.9 Å². The second-order valence-corrected chi connectivity index (χ2v) is 5.78. The molecule has 94 valence electrons. The number of hydrogen-bond donors (Lipinski definition) is 0. The number of halogens is 4. The van der Waals surface area contributed by atoms with Crippen LogP contribution in [0.15, 0.2) is 24.3 Å². The summed E-state index contributed by atoms with van der Waals surface area (Å²) in [5, 5.41) is -0.139. The Morgan fingerprint density at radius 1 is 1.29 bits per heavy atom. The van der Waals surface area contributed by atoms with Crippen LogP contribution in [0.3, 0.4) is 0 Å². The minimum atomic E-state index is -4.13. The Morgan fingerprint density at radius 2 is 2.00 bits per heavy atom. The second kappa shape index (κ2) is 5.11. The molecule has 2 atom stereocenters. The number of rotatable bonds is 3. The fourth-order valence-electron chi connectivity index (χ4n) is 2.20. The normalized spacial score (nSPS) is 23.8. The predicted molar refractivity (Wildman–Crippen MR) is 65.4 cm³/mol. The molecule has 0 amide bonds. The van der Waals surface area contributed by atoms with Crippen LogP contribution in [-0.4, -0.2) is 11.3 Å². The third kappa shape index (κ3) is 3.32. The van der Waals surface area contributed by atoms with Crippen molar-refractivity contribution in [2.45, 2.75) is 23.7 Å². The summed E-state index contributed by atoms with van der Waals surface area (Å²) in [6.45, 7) is 0. The van der Waals surface area contributed by atoms with Crippen molar-refractivity contribution in [1.29, 1.82) is 0 Å². The van der Waals surface area contributed by atoms with Gasteiger partial charge in [-0.1, -0.05) is 36.0 Å². The second-order valence-electron chi connectivity index (χ2n) is 4.15. The highest BCUT2D eigenvalue weighted by Gasteiger charge is 2.32. The molecule has 0 N–H and O–H groups in total. The van der Waals surface area contributed by atoms with Crippen molar-refractivity contribution in [3.8, 4) is 0 Å². The fraction of sp³-hybridized carbons (Fsp3) is 0.500. The molecule has 1 aromatic rings. The lowest BCUT2D eigenvalue weighted by atomic mass is 10.0. The van der Waals surface area contributed by atoms with Gasteiger partial charge in [0, 0.05) is 5.75 Å². The molecule has 2 unspecified atom stereocenters. The van der Waals surface area contributed by atoms with Crippen molar-refractivity contribution < 1.29 is 13.2 Å². The molecule has 0 aromatic heterocycles. The van der Waals surface area contributed by atoms with Crippen LogP contribution in [0.5, 0.6) is 0 Å². The number of thioether (sulfide) groups is 1. The minimum Gasteiger partial charge on any atom is -0.160 e. The predicted octanol–water partition coefficient (Wildman–Crippen LogP) is 4.78. The Kier molecular flexibility index (Phi) is 3.93. The molecule has 5 heteroatoms. The van der Waals surface area contributed by atoms with Crippen LogP contribution in [0.4, 0.5) is 13.2 Å². The van der Waals surface area contributed by atoms with Gasteiger partial charge in [0.05, 0.1) is 5.38 Å². The number of hydrogen-bond acceptors (Lipinski definition) is 1. The van der Waals surface area contributed by atoms with Crippen LogP contribution in [0, 0.1) is 5.92 Å². The maximum absolute atomic E-state index is 12.0. The van der Waals surface area contributed by atoms with Gasteiger partial charge in [0.1, 0.15) is 0 Å². The third-order valence-corrected chi connectivity index (χ3v) is 4.36. The van der Waals surface area contributed by atoms with E-state index in [4.69, 9.17) is 11.6 Å². The Balaban J connectivity index is 1.90. The lowest BCUT2D eigenvalue weighted by Gasteiger charge is -2.14. The van der Waals surface area contributed by atoms with Gasteiger partial charge < -0.3 is 0 Å². The summed E-state index contributed by atoms with van der Waals surface area (Å²) in [7, 11) is 0. The highest BCUT2D eigenvalue weighted by Crippen LogP contribution is 2.43. The molecule has 0 spiro atoms. The summed E-state index contributed by atoms with van der Waals surface area (Å²) in [6.07, 6.45) is 1.30. The van der Waals surface area contributed by atoms with E-state index in [2.05, 4.69) is 0 Å². The lowest BCUT2D eigenvalue weighted by molar-refractivity contribution is -0.0328.